The summed E-state index contributed by atoms with van der Waals surface area (Å²) in [6, 6.07) is 7.02. The van der Waals surface area contributed by atoms with Crippen molar-refractivity contribution in [1.82, 2.24) is 9.55 Å². The molecule has 3 aromatic rings. The number of halogens is 2. The van der Waals surface area contributed by atoms with Crippen molar-refractivity contribution in [3.63, 3.8) is 0 Å². The van der Waals surface area contributed by atoms with Gasteiger partial charge in [0, 0.05) is 10.7 Å². The second kappa shape index (κ2) is 7.09. The van der Waals surface area contributed by atoms with Crippen LogP contribution in [0, 0.1) is 20.8 Å². The van der Waals surface area contributed by atoms with Crippen LogP contribution >= 0.6 is 23.2 Å². The number of fused-ring (bicyclic) bond motifs is 1. The van der Waals surface area contributed by atoms with Gasteiger partial charge in [0.15, 0.2) is 0 Å². The molecule has 134 valence electrons. The van der Waals surface area contributed by atoms with Crippen LogP contribution in [0.2, 0.25) is 10.0 Å². The molecule has 0 aliphatic heterocycles. The number of rotatable bonds is 3. The highest BCUT2D eigenvalue weighted by Gasteiger charge is 2.13. The first-order valence-electron chi connectivity index (χ1n) is 7.98. The van der Waals surface area contributed by atoms with Crippen molar-refractivity contribution in [1.29, 1.82) is 0 Å². The van der Waals surface area contributed by atoms with Crippen LogP contribution in [0.3, 0.4) is 0 Å². The maximum Gasteiger partial charge on any atom is 0.261 e. The summed E-state index contributed by atoms with van der Waals surface area (Å²) < 4.78 is 1.24. The van der Waals surface area contributed by atoms with E-state index in [9.17, 15) is 9.59 Å². The lowest BCUT2D eigenvalue weighted by atomic mass is 10.1. The number of aromatic nitrogens is 2. The number of carbonyl (C=O) groups is 1. The lowest BCUT2D eigenvalue weighted by molar-refractivity contribution is -0.116. The average molecular weight is 390 g/mol. The van der Waals surface area contributed by atoms with E-state index < -0.39 is 0 Å². The van der Waals surface area contributed by atoms with Crippen LogP contribution in [0.25, 0.3) is 10.9 Å². The highest BCUT2D eigenvalue weighted by molar-refractivity contribution is 6.38. The molecule has 0 spiro atoms. The Morgan fingerprint density at radius 3 is 2.42 bits per heavy atom. The Bertz CT molecular complexity index is 1070. The van der Waals surface area contributed by atoms with Crippen molar-refractivity contribution in [3.8, 4) is 0 Å². The Morgan fingerprint density at radius 1 is 1.12 bits per heavy atom. The van der Waals surface area contributed by atoms with Gasteiger partial charge in [-0.3, -0.25) is 14.2 Å². The highest BCUT2D eigenvalue weighted by Crippen LogP contribution is 2.24. The molecule has 0 saturated heterocycles. The van der Waals surface area contributed by atoms with Crippen LogP contribution in [-0.2, 0) is 11.3 Å². The Balaban J connectivity index is 1.91. The first-order chi connectivity index (χ1) is 12.3. The largest absolute Gasteiger partial charge is 0.324 e. The highest BCUT2D eigenvalue weighted by atomic mass is 35.5. The number of hydrogen-bond acceptors (Lipinski definition) is 3. The van der Waals surface area contributed by atoms with Gasteiger partial charge in [-0.2, -0.15) is 0 Å². The summed E-state index contributed by atoms with van der Waals surface area (Å²) in [5.74, 6) is -0.309. The SMILES string of the molecule is Cc1cc(C)c(NC(=O)Cn2cnc3c(Cl)cc(Cl)cc3c2=O)c(C)c1. The maximum atomic E-state index is 12.6. The molecule has 1 N–H and O–H groups in total. The second-order valence-electron chi connectivity index (χ2n) is 6.28. The average Bonchev–Trinajstić information content (AvgIpc) is 2.54. The quantitative estimate of drug-likeness (QED) is 0.727. The molecule has 0 aliphatic rings. The van der Waals surface area contributed by atoms with E-state index in [-0.39, 0.29) is 23.4 Å². The molecule has 5 nitrogen and oxygen atoms in total. The van der Waals surface area contributed by atoms with E-state index in [0.717, 1.165) is 22.4 Å². The predicted octanol–water partition coefficient (Wildman–Crippen LogP) is 4.27. The number of amides is 1. The fourth-order valence-corrected chi connectivity index (χ4v) is 3.56. The molecule has 0 atom stereocenters. The molecule has 3 rings (SSSR count). The summed E-state index contributed by atoms with van der Waals surface area (Å²) >= 11 is 12.0. The normalized spacial score (nSPS) is 11.0. The summed E-state index contributed by atoms with van der Waals surface area (Å²) in [5, 5.41) is 3.79. The molecule has 26 heavy (non-hydrogen) atoms. The van der Waals surface area contributed by atoms with E-state index in [4.69, 9.17) is 23.2 Å². The lowest BCUT2D eigenvalue weighted by Crippen LogP contribution is -2.28. The summed E-state index contributed by atoms with van der Waals surface area (Å²) in [7, 11) is 0. The maximum absolute atomic E-state index is 12.6. The van der Waals surface area contributed by atoms with E-state index >= 15 is 0 Å². The molecular formula is C19H17Cl2N3O2. The first-order valence-corrected chi connectivity index (χ1v) is 8.73. The third-order valence-electron chi connectivity index (χ3n) is 4.10. The minimum absolute atomic E-state index is 0.154. The zero-order valence-corrected chi connectivity index (χ0v) is 16.1. The molecule has 1 heterocycles. The molecule has 0 bridgehead atoms. The van der Waals surface area contributed by atoms with Crippen molar-refractivity contribution < 1.29 is 4.79 Å². The minimum Gasteiger partial charge on any atom is -0.324 e. The van der Waals surface area contributed by atoms with Gasteiger partial charge in [-0.1, -0.05) is 40.9 Å². The van der Waals surface area contributed by atoms with Gasteiger partial charge in [0.1, 0.15) is 6.54 Å². The van der Waals surface area contributed by atoms with Gasteiger partial charge in [-0.15, -0.1) is 0 Å². The fourth-order valence-electron chi connectivity index (χ4n) is 3.02. The number of benzene rings is 2. The monoisotopic (exact) mass is 389 g/mol. The summed E-state index contributed by atoms with van der Waals surface area (Å²) in [6.45, 7) is 5.72. The van der Waals surface area contributed by atoms with E-state index in [1.54, 1.807) is 0 Å². The van der Waals surface area contributed by atoms with Crippen LogP contribution in [-0.4, -0.2) is 15.5 Å². The zero-order valence-electron chi connectivity index (χ0n) is 14.6. The van der Waals surface area contributed by atoms with Crippen molar-refractivity contribution in [2.75, 3.05) is 5.32 Å². The fraction of sp³-hybridized carbons (Fsp3) is 0.211. The summed E-state index contributed by atoms with van der Waals surface area (Å²) in [4.78, 5) is 29.2. The van der Waals surface area contributed by atoms with Gasteiger partial charge in [0.05, 0.1) is 22.3 Å². The molecule has 0 aliphatic carbocycles. The van der Waals surface area contributed by atoms with Crippen molar-refractivity contribution in [2.24, 2.45) is 0 Å². The molecule has 0 unspecified atom stereocenters. The third-order valence-corrected chi connectivity index (χ3v) is 4.61. The van der Waals surface area contributed by atoms with E-state index in [1.165, 1.54) is 23.0 Å². The van der Waals surface area contributed by atoms with E-state index in [0.29, 0.717) is 15.6 Å². The van der Waals surface area contributed by atoms with Gasteiger partial charge < -0.3 is 5.32 Å². The van der Waals surface area contributed by atoms with Gasteiger partial charge in [-0.25, -0.2) is 4.98 Å². The molecular weight excluding hydrogens is 373 g/mol. The minimum atomic E-state index is -0.369. The van der Waals surface area contributed by atoms with Gasteiger partial charge in [0.2, 0.25) is 5.91 Å². The van der Waals surface area contributed by atoms with Crippen molar-refractivity contribution in [2.45, 2.75) is 27.3 Å². The Hall–Kier alpha value is -2.37. The number of nitrogens with zero attached hydrogens (tertiary/aromatic N) is 2. The van der Waals surface area contributed by atoms with Gasteiger partial charge >= 0.3 is 0 Å². The Morgan fingerprint density at radius 2 is 1.77 bits per heavy atom. The standard InChI is InChI=1S/C19H17Cl2N3O2/c1-10-4-11(2)17(12(3)5-10)23-16(25)8-24-9-22-18-14(19(24)26)6-13(20)7-15(18)21/h4-7,9H,8H2,1-3H3,(H,23,25). The first kappa shape index (κ1) is 18.4. The molecule has 2 aromatic carbocycles. The van der Waals surface area contributed by atoms with Crippen LogP contribution < -0.4 is 10.9 Å². The number of hydrogen-bond donors (Lipinski definition) is 1. The van der Waals surface area contributed by atoms with Crippen LogP contribution in [0.1, 0.15) is 16.7 Å². The molecule has 7 heteroatoms. The Labute approximate surface area is 160 Å². The van der Waals surface area contributed by atoms with Crippen LogP contribution in [0.4, 0.5) is 5.69 Å². The summed E-state index contributed by atoms with van der Waals surface area (Å²) in [6.07, 6.45) is 1.32. The Kier molecular flexibility index (Phi) is 5.03. The molecule has 0 fully saturated rings. The number of carbonyl (C=O) groups excluding carboxylic acids is 1. The van der Waals surface area contributed by atoms with Gasteiger partial charge in [0.25, 0.3) is 5.56 Å². The number of aryl methyl sites for hydroxylation is 3. The van der Waals surface area contributed by atoms with Crippen molar-refractivity contribution >= 4 is 45.7 Å². The van der Waals surface area contributed by atoms with Gasteiger partial charge in [-0.05, 0) is 44.0 Å². The van der Waals surface area contributed by atoms with E-state index in [2.05, 4.69) is 10.3 Å². The lowest BCUT2D eigenvalue weighted by Gasteiger charge is -2.13. The van der Waals surface area contributed by atoms with Crippen LogP contribution in [0.5, 0.6) is 0 Å². The molecule has 0 radical (unpaired) electrons. The topological polar surface area (TPSA) is 64.0 Å². The number of nitrogens with one attached hydrogen (secondary N) is 1. The second-order valence-corrected chi connectivity index (χ2v) is 7.13. The molecule has 1 amide bonds. The molecule has 0 saturated carbocycles. The predicted molar refractivity (Wildman–Crippen MR) is 105 cm³/mol. The van der Waals surface area contributed by atoms with Crippen LogP contribution in [0.15, 0.2) is 35.4 Å². The summed E-state index contributed by atoms with van der Waals surface area (Å²) in [5.41, 5.74) is 3.82. The van der Waals surface area contributed by atoms with Crippen molar-refractivity contribution in [3.05, 3.63) is 67.7 Å². The third kappa shape index (κ3) is 3.59. The van der Waals surface area contributed by atoms with E-state index in [1.807, 2.05) is 32.9 Å². The zero-order chi connectivity index (χ0) is 19.0. The molecule has 1 aromatic heterocycles. The smallest absolute Gasteiger partial charge is 0.261 e. The number of anilines is 1.